The summed E-state index contributed by atoms with van der Waals surface area (Å²) in [7, 11) is 3.75. The van der Waals surface area contributed by atoms with E-state index >= 15 is 0 Å². The molecule has 0 radical (unpaired) electrons. The van der Waals surface area contributed by atoms with Gasteiger partial charge in [0.1, 0.15) is 0 Å². The Hall–Kier alpha value is -3.11. The number of nitrogens with one attached hydrogen (secondary N) is 1. The second-order valence-electron chi connectivity index (χ2n) is 6.57. The molecule has 7 heteroatoms. The first-order valence-corrected chi connectivity index (χ1v) is 9.96. The van der Waals surface area contributed by atoms with E-state index in [0.717, 1.165) is 34.7 Å². The zero-order chi connectivity index (χ0) is 20.3. The number of aromatic nitrogens is 1. The summed E-state index contributed by atoms with van der Waals surface area (Å²) in [6, 6.07) is 13.4. The number of nitriles is 1. The van der Waals surface area contributed by atoms with Crippen molar-refractivity contribution >= 4 is 44.0 Å². The van der Waals surface area contributed by atoms with Gasteiger partial charge in [0.15, 0.2) is 5.13 Å². The van der Waals surface area contributed by atoms with Crippen LogP contribution in [0.1, 0.15) is 29.8 Å². The number of hydrogen-bond donors (Lipinski definition) is 1. The van der Waals surface area contributed by atoms with Gasteiger partial charge in [0.05, 0.1) is 21.8 Å². The van der Waals surface area contributed by atoms with E-state index in [9.17, 15) is 10.1 Å². The van der Waals surface area contributed by atoms with Crippen molar-refractivity contribution in [2.45, 2.75) is 13.8 Å². The molecule has 0 bridgehead atoms. The van der Waals surface area contributed by atoms with Crippen molar-refractivity contribution in [1.29, 1.82) is 5.26 Å². The Morgan fingerprint density at radius 1 is 1.14 bits per heavy atom. The van der Waals surface area contributed by atoms with Crippen LogP contribution < -0.4 is 15.1 Å². The Bertz CT molecular complexity index is 1050. The fourth-order valence-electron chi connectivity index (χ4n) is 2.99. The fourth-order valence-corrected chi connectivity index (χ4v) is 3.88. The number of nitrogens with zero attached hydrogens (tertiary/aromatic N) is 4. The van der Waals surface area contributed by atoms with Crippen molar-refractivity contribution in [3.63, 3.8) is 0 Å². The Morgan fingerprint density at radius 3 is 2.54 bits per heavy atom. The number of hydrogen-bond acceptors (Lipinski definition) is 6. The molecule has 0 fully saturated rings. The Labute approximate surface area is 169 Å². The second kappa shape index (κ2) is 8.28. The molecule has 0 saturated carbocycles. The molecule has 0 aliphatic heterocycles. The molecule has 1 N–H and O–H groups in total. The van der Waals surface area contributed by atoms with Crippen molar-refractivity contribution in [2.75, 3.05) is 42.3 Å². The van der Waals surface area contributed by atoms with Gasteiger partial charge in [-0.25, -0.2) is 4.98 Å². The first kappa shape index (κ1) is 19.6. The molecule has 1 heterocycles. The highest BCUT2D eigenvalue weighted by molar-refractivity contribution is 7.22. The van der Waals surface area contributed by atoms with Crippen LogP contribution in [0.3, 0.4) is 0 Å². The van der Waals surface area contributed by atoms with E-state index in [0.29, 0.717) is 16.3 Å². The first-order chi connectivity index (χ1) is 13.4. The SMILES string of the molecule is CCN(CC)c1ccc2nc(NC(=O)c3cc(C#N)cc(N(C)C)c3)sc2c1. The van der Waals surface area contributed by atoms with Crippen molar-refractivity contribution in [2.24, 2.45) is 0 Å². The Balaban J connectivity index is 1.87. The summed E-state index contributed by atoms with van der Waals surface area (Å²) >= 11 is 1.45. The van der Waals surface area contributed by atoms with E-state index in [-0.39, 0.29) is 5.91 Å². The van der Waals surface area contributed by atoms with Gasteiger partial charge in [-0.3, -0.25) is 10.1 Å². The number of thiazole rings is 1. The quantitative estimate of drug-likeness (QED) is 0.675. The van der Waals surface area contributed by atoms with Gasteiger partial charge in [0.2, 0.25) is 0 Å². The Morgan fingerprint density at radius 2 is 1.89 bits per heavy atom. The third-order valence-corrected chi connectivity index (χ3v) is 5.48. The van der Waals surface area contributed by atoms with Crippen molar-refractivity contribution in [3.05, 3.63) is 47.5 Å². The normalized spacial score (nSPS) is 10.5. The Kier molecular flexibility index (Phi) is 5.81. The van der Waals surface area contributed by atoms with Crippen LogP contribution in [0.25, 0.3) is 10.2 Å². The van der Waals surface area contributed by atoms with Gasteiger partial charge >= 0.3 is 0 Å². The van der Waals surface area contributed by atoms with Crippen LogP contribution in [-0.2, 0) is 0 Å². The average molecular weight is 394 g/mol. The molecular formula is C21H23N5OS. The highest BCUT2D eigenvalue weighted by atomic mass is 32.1. The lowest BCUT2D eigenvalue weighted by Gasteiger charge is -2.20. The molecular weight excluding hydrogens is 370 g/mol. The molecule has 0 saturated heterocycles. The summed E-state index contributed by atoms with van der Waals surface area (Å²) < 4.78 is 1.03. The van der Waals surface area contributed by atoms with Crippen LogP contribution in [0, 0.1) is 11.3 Å². The smallest absolute Gasteiger partial charge is 0.257 e. The lowest BCUT2D eigenvalue weighted by Crippen LogP contribution is -2.21. The van der Waals surface area contributed by atoms with Crippen molar-refractivity contribution in [3.8, 4) is 6.07 Å². The summed E-state index contributed by atoms with van der Waals surface area (Å²) in [5.74, 6) is -0.275. The predicted molar refractivity (Wildman–Crippen MR) is 117 cm³/mol. The molecule has 3 aromatic rings. The monoisotopic (exact) mass is 393 g/mol. The third-order valence-electron chi connectivity index (χ3n) is 4.55. The fraction of sp³-hybridized carbons (Fsp3) is 0.286. The van der Waals surface area contributed by atoms with Crippen LogP contribution in [0.5, 0.6) is 0 Å². The number of carbonyl (C=O) groups is 1. The van der Waals surface area contributed by atoms with Crippen LogP contribution in [0.2, 0.25) is 0 Å². The lowest BCUT2D eigenvalue weighted by atomic mass is 10.1. The molecule has 0 aliphatic rings. The molecule has 0 unspecified atom stereocenters. The van der Waals surface area contributed by atoms with Gasteiger partial charge in [0.25, 0.3) is 5.91 Å². The van der Waals surface area contributed by atoms with Gasteiger partial charge < -0.3 is 9.80 Å². The highest BCUT2D eigenvalue weighted by Crippen LogP contribution is 2.30. The van der Waals surface area contributed by atoms with E-state index in [4.69, 9.17) is 0 Å². The molecule has 0 aliphatic carbocycles. The number of fused-ring (bicyclic) bond motifs is 1. The largest absolute Gasteiger partial charge is 0.378 e. The van der Waals surface area contributed by atoms with E-state index in [2.05, 4.69) is 47.3 Å². The topological polar surface area (TPSA) is 72.3 Å². The molecule has 2 aromatic carbocycles. The number of carbonyl (C=O) groups excluding carboxylic acids is 1. The van der Waals surface area contributed by atoms with E-state index in [1.165, 1.54) is 11.3 Å². The maximum Gasteiger partial charge on any atom is 0.257 e. The minimum absolute atomic E-state index is 0.275. The van der Waals surface area contributed by atoms with E-state index in [1.54, 1.807) is 18.2 Å². The van der Waals surface area contributed by atoms with Gasteiger partial charge in [-0.05, 0) is 50.2 Å². The molecule has 1 aromatic heterocycles. The molecule has 1 amide bonds. The third kappa shape index (κ3) is 4.07. The van der Waals surface area contributed by atoms with Gasteiger partial charge in [0, 0.05) is 44.1 Å². The van der Waals surface area contributed by atoms with Crippen molar-refractivity contribution < 1.29 is 4.79 Å². The summed E-state index contributed by atoms with van der Waals surface area (Å²) in [6.07, 6.45) is 0. The van der Waals surface area contributed by atoms with Crippen molar-refractivity contribution in [1.82, 2.24) is 4.98 Å². The minimum atomic E-state index is -0.275. The number of benzene rings is 2. The average Bonchev–Trinajstić information content (AvgIpc) is 3.10. The number of rotatable bonds is 6. The summed E-state index contributed by atoms with van der Waals surface area (Å²) in [5, 5.41) is 12.6. The van der Waals surface area contributed by atoms with Crippen LogP contribution >= 0.6 is 11.3 Å². The summed E-state index contributed by atoms with van der Waals surface area (Å²) in [6.45, 7) is 6.13. The first-order valence-electron chi connectivity index (χ1n) is 9.14. The van der Waals surface area contributed by atoms with E-state index < -0.39 is 0 Å². The molecule has 6 nitrogen and oxygen atoms in total. The number of amides is 1. The standard InChI is InChI=1S/C21H23N5OS/c1-5-26(6-2)16-7-8-18-19(12-16)28-21(23-18)24-20(27)15-9-14(13-22)10-17(11-15)25(3)4/h7-12H,5-6H2,1-4H3,(H,23,24,27). The molecule has 144 valence electrons. The minimum Gasteiger partial charge on any atom is -0.378 e. The van der Waals surface area contributed by atoms with Gasteiger partial charge in [-0.1, -0.05) is 11.3 Å². The molecule has 28 heavy (non-hydrogen) atoms. The number of anilines is 3. The highest BCUT2D eigenvalue weighted by Gasteiger charge is 2.13. The van der Waals surface area contributed by atoms with Crippen LogP contribution in [0.4, 0.5) is 16.5 Å². The second-order valence-corrected chi connectivity index (χ2v) is 7.60. The molecule has 3 rings (SSSR count). The lowest BCUT2D eigenvalue weighted by molar-refractivity contribution is 0.102. The van der Waals surface area contributed by atoms with Crippen LogP contribution in [-0.4, -0.2) is 38.1 Å². The van der Waals surface area contributed by atoms with E-state index in [1.807, 2.05) is 25.1 Å². The zero-order valence-electron chi connectivity index (χ0n) is 16.5. The maximum atomic E-state index is 12.7. The zero-order valence-corrected chi connectivity index (χ0v) is 17.3. The summed E-state index contributed by atoms with van der Waals surface area (Å²) in [4.78, 5) is 21.4. The predicted octanol–water partition coefficient (Wildman–Crippen LogP) is 4.33. The molecule has 0 atom stereocenters. The molecule has 0 spiro atoms. The van der Waals surface area contributed by atoms with Gasteiger partial charge in [-0.15, -0.1) is 0 Å². The summed E-state index contributed by atoms with van der Waals surface area (Å²) in [5.41, 5.74) is 3.69. The van der Waals surface area contributed by atoms with Crippen LogP contribution in [0.15, 0.2) is 36.4 Å². The maximum absolute atomic E-state index is 12.7. The van der Waals surface area contributed by atoms with Gasteiger partial charge in [-0.2, -0.15) is 5.26 Å².